The van der Waals surface area contributed by atoms with Crippen LogP contribution in [0.15, 0.2) is 0 Å². The summed E-state index contributed by atoms with van der Waals surface area (Å²) in [5.41, 5.74) is 5.43. The van der Waals surface area contributed by atoms with Crippen LogP contribution in [0.1, 0.15) is 20.3 Å². The van der Waals surface area contributed by atoms with E-state index in [-0.39, 0.29) is 30.5 Å². The van der Waals surface area contributed by atoms with E-state index in [1.165, 1.54) is 0 Å². The smallest absolute Gasteiger partial charge is 0.236 e. The van der Waals surface area contributed by atoms with Crippen LogP contribution in [0.2, 0.25) is 0 Å². The number of amides is 1. The summed E-state index contributed by atoms with van der Waals surface area (Å²) in [6.07, 6.45) is 1.12. The van der Waals surface area contributed by atoms with Gasteiger partial charge in [-0.1, -0.05) is 0 Å². The first kappa shape index (κ1) is 15.6. The topological polar surface area (TPSA) is 73.6 Å². The first-order valence-electron chi connectivity index (χ1n) is 5.35. The lowest BCUT2D eigenvalue weighted by atomic mass is 10.3. The molecule has 1 heterocycles. The van der Waals surface area contributed by atoms with Crippen molar-refractivity contribution < 1.29 is 14.3 Å². The molecule has 3 N–H and O–H groups in total. The average molecular weight is 253 g/mol. The summed E-state index contributed by atoms with van der Waals surface area (Å²) in [7, 11) is 0. The van der Waals surface area contributed by atoms with Crippen LogP contribution in [-0.2, 0) is 14.3 Å². The van der Waals surface area contributed by atoms with Crippen LogP contribution in [-0.4, -0.2) is 43.9 Å². The lowest BCUT2D eigenvalue weighted by molar-refractivity contribution is -0.123. The maximum absolute atomic E-state index is 11.2. The van der Waals surface area contributed by atoms with E-state index in [0.717, 1.165) is 13.0 Å². The third-order valence-electron chi connectivity index (χ3n) is 2.27. The molecule has 1 fully saturated rings. The van der Waals surface area contributed by atoms with E-state index in [4.69, 9.17) is 15.2 Å². The molecular formula is C10H21ClN2O3. The second-order valence-electron chi connectivity index (χ2n) is 4.02. The monoisotopic (exact) mass is 252 g/mol. The van der Waals surface area contributed by atoms with E-state index in [1.807, 2.05) is 6.92 Å². The summed E-state index contributed by atoms with van der Waals surface area (Å²) in [6, 6.07) is -0.480. The Morgan fingerprint density at radius 3 is 2.81 bits per heavy atom. The summed E-state index contributed by atoms with van der Waals surface area (Å²) in [6.45, 7) is 5.50. The van der Waals surface area contributed by atoms with E-state index in [0.29, 0.717) is 13.2 Å². The molecule has 0 bridgehead atoms. The Balaban J connectivity index is 0.00000225. The molecule has 16 heavy (non-hydrogen) atoms. The summed E-state index contributed by atoms with van der Waals surface area (Å²) < 4.78 is 10.7. The van der Waals surface area contributed by atoms with Gasteiger partial charge < -0.3 is 20.5 Å². The molecule has 0 aromatic carbocycles. The van der Waals surface area contributed by atoms with Gasteiger partial charge in [0.2, 0.25) is 5.91 Å². The van der Waals surface area contributed by atoms with E-state index in [1.54, 1.807) is 6.92 Å². The van der Waals surface area contributed by atoms with Crippen LogP contribution in [0.25, 0.3) is 0 Å². The number of nitrogens with one attached hydrogen (secondary N) is 1. The molecule has 3 atom stereocenters. The third-order valence-corrected chi connectivity index (χ3v) is 2.27. The molecule has 0 radical (unpaired) electrons. The maximum atomic E-state index is 11.2. The second-order valence-corrected chi connectivity index (χ2v) is 4.02. The van der Waals surface area contributed by atoms with Crippen molar-refractivity contribution in [2.45, 2.75) is 38.5 Å². The van der Waals surface area contributed by atoms with Gasteiger partial charge in [-0.15, -0.1) is 12.4 Å². The highest BCUT2D eigenvalue weighted by molar-refractivity contribution is 5.85. The van der Waals surface area contributed by atoms with Crippen molar-refractivity contribution >= 4 is 18.3 Å². The molecule has 1 aliphatic heterocycles. The van der Waals surface area contributed by atoms with Gasteiger partial charge in [0.05, 0.1) is 25.4 Å². The average Bonchev–Trinajstić information content (AvgIpc) is 2.66. The summed E-state index contributed by atoms with van der Waals surface area (Å²) in [4.78, 5) is 11.2. The molecular weight excluding hydrogens is 232 g/mol. The van der Waals surface area contributed by atoms with Crippen molar-refractivity contribution in [2.75, 3.05) is 19.8 Å². The number of hydrogen-bond acceptors (Lipinski definition) is 4. The van der Waals surface area contributed by atoms with Crippen molar-refractivity contribution in [2.24, 2.45) is 5.73 Å². The normalized spacial score (nSPS) is 23.3. The minimum atomic E-state index is -0.470. The van der Waals surface area contributed by atoms with Crippen molar-refractivity contribution in [1.82, 2.24) is 5.32 Å². The van der Waals surface area contributed by atoms with Crippen molar-refractivity contribution in [3.63, 3.8) is 0 Å². The van der Waals surface area contributed by atoms with Crippen molar-refractivity contribution in [1.29, 1.82) is 0 Å². The van der Waals surface area contributed by atoms with Crippen LogP contribution in [0.4, 0.5) is 0 Å². The Morgan fingerprint density at radius 2 is 2.31 bits per heavy atom. The summed E-state index contributed by atoms with van der Waals surface area (Å²) in [5.74, 6) is -0.145. The number of nitrogens with two attached hydrogens (primary N) is 1. The van der Waals surface area contributed by atoms with Gasteiger partial charge in [-0.25, -0.2) is 0 Å². The quantitative estimate of drug-likeness (QED) is 0.726. The van der Waals surface area contributed by atoms with Crippen molar-refractivity contribution in [3.05, 3.63) is 0 Å². The van der Waals surface area contributed by atoms with Gasteiger partial charge in [0, 0.05) is 12.6 Å². The molecule has 96 valence electrons. The molecule has 0 saturated carbocycles. The zero-order valence-corrected chi connectivity index (χ0v) is 10.6. The van der Waals surface area contributed by atoms with Crippen LogP contribution in [0.3, 0.4) is 0 Å². The highest BCUT2D eigenvalue weighted by atomic mass is 35.5. The molecule has 5 nitrogen and oxygen atoms in total. The lowest BCUT2D eigenvalue weighted by Gasteiger charge is -2.17. The highest BCUT2D eigenvalue weighted by Crippen LogP contribution is 2.08. The molecule has 6 heteroatoms. The van der Waals surface area contributed by atoms with Gasteiger partial charge in [0.1, 0.15) is 0 Å². The number of carbonyl (C=O) groups excluding carboxylic acids is 1. The zero-order valence-electron chi connectivity index (χ0n) is 9.77. The fourth-order valence-electron chi connectivity index (χ4n) is 1.34. The molecule has 0 aliphatic carbocycles. The van der Waals surface area contributed by atoms with Gasteiger partial charge >= 0.3 is 0 Å². The number of hydrogen-bond donors (Lipinski definition) is 2. The highest BCUT2D eigenvalue weighted by Gasteiger charge is 2.18. The van der Waals surface area contributed by atoms with Gasteiger partial charge in [-0.05, 0) is 20.3 Å². The van der Waals surface area contributed by atoms with Gasteiger partial charge in [-0.2, -0.15) is 0 Å². The second kappa shape index (κ2) is 7.84. The maximum Gasteiger partial charge on any atom is 0.236 e. The third kappa shape index (κ3) is 5.65. The molecule has 1 saturated heterocycles. The minimum Gasteiger partial charge on any atom is -0.379 e. The predicted molar refractivity (Wildman–Crippen MR) is 63.7 cm³/mol. The molecule has 0 aromatic heterocycles. The Morgan fingerprint density at radius 1 is 1.62 bits per heavy atom. The van der Waals surface area contributed by atoms with Gasteiger partial charge in [0.25, 0.3) is 0 Å². The van der Waals surface area contributed by atoms with Gasteiger partial charge in [0.15, 0.2) is 0 Å². The Kier molecular flexibility index (Phi) is 7.66. The molecule has 2 unspecified atom stereocenters. The van der Waals surface area contributed by atoms with E-state index in [2.05, 4.69) is 5.32 Å². The van der Waals surface area contributed by atoms with Crippen LogP contribution < -0.4 is 11.1 Å². The van der Waals surface area contributed by atoms with E-state index < -0.39 is 6.04 Å². The molecule has 1 rings (SSSR count). The SMILES string of the molecule is CC(COC1CCOC1)NC(=O)[C@@H](C)N.Cl. The van der Waals surface area contributed by atoms with Crippen LogP contribution >= 0.6 is 12.4 Å². The molecule has 0 spiro atoms. The number of carbonyl (C=O) groups is 1. The predicted octanol–water partition coefficient (Wildman–Crippen LogP) is 0.0656. The van der Waals surface area contributed by atoms with Crippen LogP contribution in [0.5, 0.6) is 0 Å². The Labute approximate surface area is 102 Å². The zero-order chi connectivity index (χ0) is 11.3. The Hall–Kier alpha value is -0.360. The molecule has 1 amide bonds. The Bertz CT molecular complexity index is 208. The van der Waals surface area contributed by atoms with Crippen molar-refractivity contribution in [3.8, 4) is 0 Å². The van der Waals surface area contributed by atoms with Gasteiger partial charge in [-0.3, -0.25) is 4.79 Å². The fraction of sp³-hybridized carbons (Fsp3) is 0.900. The molecule has 0 aromatic rings. The van der Waals surface area contributed by atoms with E-state index in [9.17, 15) is 4.79 Å². The minimum absolute atomic E-state index is 0. The fourth-order valence-corrected chi connectivity index (χ4v) is 1.34. The molecule has 1 aliphatic rings. The first-order valence-corrected chi connectivity index (χ1v) is 5.35. The van der Waals surface area contributed by atoms with Crippen LogP contribution in [0, 0.1) is 0 Å². The largest absolute Gasteiger partial charge is 0.379 e. The number of halogens is 1. The summed E-state index contributed by atoms with van der Waals surface area (Å²) >= 11 is 0. The number of rotatable bonds is 5. The number of ether oxygens (including phenoxy) is 2. The van der Waals surface area contributed by atoms with E-state index >= 15 is 0 Å². The first-order chi connectivity index (χ1) is 7.09. The summed E-state index contributed by atoms with van der Waals surface area (Å²) in [5, 5.41) is 2.77. The lowest BCUT2D eigenvalue weighted by Crippen LogP contribution is -2.44. The standard InChI is InChI=1S/C10H20N2O3.ClH/c1-7(12-10(13)8(2)11)5-15-9-3-4-14-6-9;/h7-9H,3-6,11H2,1-2H3,(H,12,13);1H/t7?,8-,9?;/m1./s1.